The van der Waals surface area contributed by atoms with Gasteiger partial charge in [-0.05, 0) is 44.6 Å². The van der Waals surface area contributed by atoms with Crippen LogP contribution in [0.15, 0.2) is 0 Å². The molecule has 1 aliphatic carbocycles. The zero-order valence-electron chi connectivity index (χ0n) is 12.6. The predicted molar refractivity (Wildman–Crippen MR) is 76.0 cm³/mol. The maximum absolute atomic E-state index is 12.0. The van der Waals surface area contributed by atoms with Crippen molar-refractivity contribution < 1.29 is 9.53 Å². The molecule has 2 fully saturated rings. The fraction of sp³-hybridized carbons (Fsp3) is 0.933. The highest BCUT2D eigenvalue weighted by atomic mass is 16.5. The Bertz CT molecular complexity index is 313. The number of likely N-dealkylation sites (tertiary alicyclic amines) is 1. The zero-order chi connectivity index (χ0) is 13.9. The molecule has 0 aromatic rings. The molecular weight excluding hydrogens is 240 g/mol. The van der Waals surface area contributed by atoms with E-state index in [0.717, 1.165) is 19.6 Å². The summed E-state index contributed by atoms with van der Waals surface area (Å²) >= 11 is 0. The monoisotopic (exact) mass is 268 g/mol. The van der Waals surface area contributed by atoms with Gasteiger partial charge in [0, 0.05) is 19.1 Å². The normalized spacial score (nSPS) is 25.0. The van der Waals surface area contributed by atoms with Crippen LogP contribution in [-0.2, 0) is 9.53 Å². The van der Waals surface area contributed by atoms with Crippen molar-refractivity contribution in [3.63, 3.8) is 0 Å². The molecule has 1 N–H and O–H groups in total. The zero-order valence-corrected chi connectivity index (χ0v) is 12.6. The summed E-state index contributed by atoms with van der Waals surface area (Å²) in [4.78, 5) is 14.4. The summed E-state index contributed by atoms with van der Waals surface area (Å²) in [6.07, 6.45) is 4.90. The number of esters is 1. The van der Waals surface area contributed by atoms with Gasteiger partial charge in [-0.1, -0.05) is 13.8 Å². The van der Waals surface area contributed by atoms with E-state index in [0.29, 0.717) is 18.1 Å². The lowest BCUT2D eigenvalue weighted by Gasteiger charge is -2.39. The van der Waals surface area contributed by atoms with Crippen LogP contribution in [0, 0.1) is 5.41 Å². The maximum atomic E-state index is 12.0. The van der Waals surface area contributed by atoms with Gasteiger partial charge in [-0.3, -0.25) is 4.79 Å². The summed E-state index contributed by atoms with van der Waals surface area (Å²) in [5.41, 5.74) is 0.372. The first kappa shape index (κ1) is 14.8. The Balaban J connectivity index is 1.88. The minimum Gasteiger partial charge on any atom is -0.465 e. The topological polar surface area (TPSA) is 41.6 Å². The van der Waals surface area contributed by atoms with Gasteiger partial charge in [-0.15, -0.1) is 0 Å². The van der Waals surface area contributed by atoms with Gasteiger partial charge < -0.3 is 15.0 Å². The van der Waals surface area contributed by atoms with Gasteiger partial charge in [-0.2, -0.15) is 0 Å². The average Bonchev–Trinajstić information content (AvgIpc) is 3.11. The number of nitrogens with one attached hydrogen (secondary N) is 1. The third-order valence-electron chi connectivity index (χ3n) is 4.01. The van der Waals surface area contributed by atoms with Crippen LogP contribution in [-0.4, -0.2) is 49.2 Å². The third-order valence-corrected chi connectivity index (χ3v) is 4.01. The molecule has 1 heterocycles. The molecule has 0 amide bonds. The van der Waals surface area contributed by atoms with Crippen LogP contribution in [0.4, 0.5) is 0 Å². The van der Waals surface area contributed by atoms with E-state index in [2.05, 4.69) is 24.1 Å². The van der Waals surface area contributed by atoms with Gasteiger partial charge in [-0.25, -0.2) is 0 Å². The molecule has 1 unspecified atom stereocenters. The number of carbonyl (C=O) groups excluding carboxylic acids is 1. The van der Waals surface area contributed by atoms with Crippen LogP contribution in [0.5, 0.6) is 0 Å². The molecule has 0 bridgehead atoms. The summed E-state index contributed by atoms with van der Waals surface area (Å²) < 4.78 is 5.20. The van der Waals surface area contributed by atoms with E-state index in [1.807, 2.05) is 6.92 Å². The first-order valence-corrected chi connectivity index (χ1v) is 7.65. The molecule has 4 nitrogen and oxygen atoms in total. The number of carbonyl (C=O) groups is 1. The Morgan fingerprint density at radius 2 is 2.21 bits per heavy atom. The van der Waals surface area contributed by atoms with Crippen molar-refractivity contribution in [3.8, 4) is 0 Å². The molecule has 2 rings (SSSR count). The molecule has 1 atom stereocenters. The van der Waals surface area contributed by atoms with E-state index in [4.69, 9.17) is 4.74 Å². The van der Waals surface area contributed by atoms with Crippen LogP contribution in [0.25, 0.3) is 0 Å². The standard InChI is InChI=1S/C15H28N2O2/c1-4-19-14(18)13(16-12-6-7-12)10-17-9-5-8-15(2,3)11-17/h12-13,16H,4-11H2,1-3H3. The Morgan fingerprint density at radius 3 is 2.79 bits per heavy atom. The number of hydrogen-bond donors (Lipinski definition) is 1. The molecule has 110 valence electrons. The van der Waals surface area contributed by atoms with Gasteiger partial charge >= 0.3 is 5.97 Å². The fourth-order valence-electron chi connectivity index (χ4n) is 2.93. The summed E-state index contributed by atoms with van der Waals surface area (Å²) in [6, 6.07) is 0.383. The predicted octanol–water partition coefficient (Wildman–Crippen LogP) is 1.79. The molecule has 0 spiro atoms. The summed E-state index contributed by atoms with van der Waals surface area (Å²) in [7, 11) is 0. The lowest BCUT2D eigenvalue weighted by atomic mass is 9.84. The van der Waals surface area contributed by atoms with Gasteiger partial charge in [0.05, 0.1) is 6.61 Å². The molecule has 0 aromatic heterocycles. The Morgan fingerprint density at radius 1 is 1.47 bits per heavy atom. The highest BCUT2D eigenvalue weighted by Crippen LogP contribution is 2.28. The van der Waals surface area contributed by atoms with Crippen LogP contribution < -0.4 is 5.32 Å². The van der Waals surface area contributed by atoms with Crippen molar-refractivity contribution in [2.75, 3.05) is 26.2 Å². The maximum Gasteiger partial charge on any atom is 0.324 e. The van der Waals surface area contributed by atoms with E-state index in [1.54, 1.807) is 0 Å². The second-order valence-electron chi connectivity index (χ2n) is 6.75. The first-order valence-electron chi connectivity index (χ1n) is 7.65. The Kier molecular flexibility index (Phi) is 4.85. The summed E-state index contributed by atoms with van der Waals surface area (Å²) in [5, 5.41) is 3.43. The van der Waals surface area contributed by atoms with E-state index < -0.39 is 0 Å². The van der Waals surface area contributed by atoms with Crippen molar-refractivity contribution in [2.45, 2.75) is 58.5 Å². The molecule has 2 aliphatic rings. The highest BCUT2D eigenvalue weighted by Gasteiger charge is 2.33. The van der Waals surface area contributed by atoms with Crippen molar-refractivity contribution in [1.82, 2.24) is 10.2 Å². The molecule has 0 aromatic carbocycles. The summed E-state index contributed by atoms with van der Waals surface area (Å²) in [5.74, 6) is -0.0854. The van der Waals surface area contributed by atoms with Crippen molar-refractivity contribution in [1.29, 1.82) is 0 Å². The smallest absolute Gasteiger partial charge is 0.324 e. The molecule has 1 aliphatic heterocycles. The number of nitrogens with zero attached hydrogens (tertiary/aromatic N) is 1. The lowest BCUT2D eigenvalue weighted by Crippen LogP contribution is -2.51. The summed E-state index contributed by atoms with van der Waals surface area (Å²) in [6.45, 7) is 9.93. The largest absolute Gasteiger partial charge is 0.465 e. The molecule has 1 saturated carbocycles. The number of rotatable bonds is 6. The quantitative estimate of drug-likeness (QED) is 0.746. The van der Waals surface area contributed by atoms with E-state index in [1.165, 1.54) is 25.7 Å². The van der Waals surface area contributed by atoms with Crippen molar-refractivity contribution in [3.05, 3.63) is 0 Å². The Hall–Kier alpha value is -0.610. The number of piperidine rings is 1. The van der Waals surface area contributed by atoms with Gasteiger partial charge in [0.25, 0.3) is 0 Å². The fourth-order valence-corrected chi connectivity index (χ4v) is 2.93. The number of hydrogen-bond acceptors (Lipinski definition) is 4. The number of ether oxygens (including phenoxy) is 1. The van der Waals surface area contributed by atoms with Gasteiger partial charge in [0.15, 0.2) is 0 Å². The minimum absolute atomic E-state index is 0.0854. The molecule has 0 radical (unpaired) electrons. The second-order valence-corrected chi connectivity index (χ2v) is 6.75. The van der Waals surface area contributed by atoms with Crippen molar-refractivity contribution >= 4 is 5.97 Å². The SMILES string of the molecule is CCOC(=O)C(CN1CCCC(C)(C)C1)NC1CC1. The molecule has 4 heteroatoms. The Labute approximate surface area is 116 Å². The van der Waals surface area contributed by atoms with E-state index in [9.17, 15) is 4.79 Å². The second kappa shape index (κ2) is 6.23. The lowest BCUT2D eigenvalue weighted by molar-refractivity contribution is -0.146. The third kappa shape index (κ3) is 4.77. The first-order chi connectivity index (χ1) is 9.00. The van der Waals surface area contributed by atoms with Crippen LogP contribution in [0.2, 0.25) is 0 Å². The highest BCUT2D eigenvalue weighted by molar-refractivity contribution is 5.76. The minimum atomic E-state index is -0.152. The molecule has 1 saturated heterocycles. The van der Waals surface area contributed by atoms with Crippen LogP contribution >= 0.6 is 0 Å². The van der Waals surface area contributed by atoms with Crippen LogP contribution in [0.1, 0.15) is 46.5 Å². The van der Waals surface area contributed by atoms with Crippen molar-refractivity contribution in [2.24, 2.45) is 5.41 Å². The van der Waals surface area contributed by atoms with E-state index in [-0.39, 0.29) is 12.0 Å². The van der Waals surface area contributed by atoms with Crippen LogP contribution in [0.3, 0.4) is 0 Å². The van der Waals surface area contributed by atoms with Gasteiger partial charge in [0.2, 0.25) is 0 Å². The average molecular weight is 268 g/mol. The molecular formula is C15H28N2O2. The molecule has 19 heavy (non-hydrogen) atoms. The van der Waals surface area contributed by atoms with Gasteiger partial charge in [0.1, 0.15) is 6.04 Å². The van der Waals surface area contributed by atoms with E-state index >= 15 is 0 Å².